The van der Waals surface area contributed by atoms with Gasteiger partial charge in [-0.25, -0.2) is 12.8 Å². The van der Waals surface area contributed by atoms with Crippen LogP contribution >= 0.6 is 0 Å². The minimum atomic E-state index is -3.77. The molecule has 1 amide bonds. The third kappa shape index (κ3) is 5.28. The van der Waals surface area contributed by atoms with Gasteiger partial charge in [-0.1, -0.05) is 12.1 Å². The number of benzene rings is 2. The van der Waals surface area contributed by atoms with Crippen molar-refractivity contribution >= 4 is 15.9 Å². The molecule has 1 saturated heterocycles. The number of hydrogen-bond donors (Lipinski definition) is 0. The van der Waals surface area contributed by atoms with Crippen LogP contribution in [0.3, 0.4) is 0 Å². The Bertz CT molecular complexity index is 1070. The average molecular weight is 465 g/mol. The summed E-state index contributed by atoms with van der Waals surface area (Å²) in [5.41, 5.74) is 0.870. The predicted molar refractivity (Wildman–Crippen MR) is 119 cm³/mol. The predicted octanol–water partition coefficient (Wildman–Crippen LogP) is 3.29. The molecular formula is C23H29FN2O5S. The molecule has 0 spiro atoms. The van der Waals surface area contributed by atoms with Crippen LogP contribution in [0.5, 0.6) is 5.75 Å². The number of nitrogens with zero attached hydrogens (tertiary/aromatic N) is 2. The van der Waals surface area contributed by atoms with Crippen molar-refractivity contribution in [2.75, 3.05) is 26.7 Å². The maximum Gasteiger partial charge on any atom is 0.254 e. The molecule has 0 aromatic heterocycles. The van der Waals surface area contributed by atoms with Crippen LogP contribution in [0, 0.1) is 5.82 Å². The van der Waals surface area contributed by atoms with Crippen molar-refractivity contribution in [1.82, 2.24) is 9.21 Å². The van der Waals surface area contributed by atoms with Gasteiger partial charge in [-0.2, -0.15) is 4.31 Å². The summed E-state index contributed by atoms with van der Waals surface area (Å²) in [6, 6.07) is 10.6. The first-order valence-corrected chi connectivity index (χ1v) is 12.0. The van der Waals surface area contributed by atoms with E-state index >= 15 is 0 Å². The summed E-state index contributed by atoms with van der Waals surface area (Å²) in [7, 11) is -2.38. The molecule has 2 unspecified atom stereocenters. The number of rotatable bonds is 7. The molecule has 2 aromatic carbocycles. The lowest BCUT2D eigenvalue weighted by Gasteiger charge is -2.34. The first-order chi connectivity index (χ1) is 15.1. The highest BCUT2D eigenvalue weighted by Crippen LogP contribution is 2.23. The number of hydrogen-bond acceptors (Lipinski definition) is 5. The number of amides is 1. The van der Waals surface area contributed by atoms with Gasteiger partial charge in [-0.15, -0.1) is 0 Å². The number of sulfonamides is 1. The summed E-state index contributed by atoms with van der Waals surface area (Å²) in [6.07, 6.45) is -0.419. The fourth-order valence-electron chi connectivity index (χ4n) is 3.80. The molecule has 2 atom stereocenters. The van der Waals surface area contributed by atoms with Gasteiger partial charge in [0.05, 0.1) is 24.2 Å². The zero-order valence-corrected chi connectivity index (χ0v) is 19.6. The van der Waals surface area contributed by atoms with Gasteiger partial charge < -0.3 is 14.4 Å². The fraction of sp³-hybridized carbons (Fsp3) is 0.435. The average Bonchev–Trinajstić information content (AvgIpc) is 2.76. The highest BCUT2D eigenvalue weighted by molar-refractivity contribution is 7.89. The third-order valence-electron chi connectivity index (χ3n) is 5.36. The van der Waals surface area contributed by atoms with E-state index in [1.165, 1.54) is 40.6 Å². The van der Waals surface area contributed by atoms with E-state index in [1.807, 2.05) is 20.8 Å². The van der Waals surface area contributed by atoms with Crippen LogP contribution in [-0.2, 0) is 21.3 Å². The molecule has 0 bridgehead atoms. The van der Waals surface area contributed by atoms with Crippen molar-refractivity contribution in [2.45, 2.75) is 44.4 Å². The molecular weight excluding hydrogens is 435 g/mol. The molecule has 174 valence electrons. The van der Waals surface area contributed by atoms with Crippen LogP contribution in [-0.4, -0.2) is 62.5 Å². The van der Waals surface area contributed by atoms with Crippen molar-refractivity contribution in [2.24, 2.45) is 0 Å². The van der Waals surface area contributed by atoms with Crippen LogP contribution in [0.4, 0.5) is 4.39 Å². The van der Waals surface area contributed by atoms with Crippen molar-refractivity contribution in [3.05, 3.63) is 59.4 Å². The van der Waals surface area contributed by atoms with Crippen LogP contribution in [0.1, 0.15) is 36.7 Å². The molecule has 9 heteroatoms. The van der Waals surface area contributed by atoms with Gasteiger partial charge in [0.2, 0.25) is 10.0 Å². The molecule has 1 aliphatic heterocycles. The Morgan fingerprint density at radius 1 is 1.19 bits per heavy atom. The van der Waals surface area contributed by atoms with E-state index < -0.39 is 15.8 Å². The Kier molecular flexibility index (Phi) is 7.53. The number of ether oxygens (including phenoxy) is 2. The van der Waals surface area contributed by atoms with E-state index in [0.717, 1.165) is 0 Å². The zero-order chi connectivity index (χ0) is 23.5. The molecule has 0 N–H and O–H groups in total. The Balaban J connectivity index is 1.82. The number of carbonyl (C=O) groups is 1. The Labute approximate surface area is 188 Å². The van der Waals surface area contributed by atoms with E-state index in [2.05, 4.69) is 0 Å². The van der Waals surface area contributed by atoms with Crippen LogP contribution in [0.25, 0.3) is 0 Å². The molecule has 0 aliphatic carbocycles. The minimum Gasteiger partial charge on any atom is -0.494 e. The first kappa shape index (κ1) is 24.2. The van der Waals surface area contributed by atoms with Gasteiger partial charge in [-0.05, 0) is 56.7 Å². The number of carbonyl (C=O) groups excluding carboxylic acids is 1. The molecule has 32 heavy (non-hydrogen) atoms. The maximum absolute atomic E-state index is 14.0. The standard InChI is InChI=1S/C23H29FN2O5S/c1-5-25(15-18-9-10-22(30-4)21(24)11-18)23(27)19-7-6-8-20(12-19)32(28,29)26-13-16(2)31-17(3)14-26/h6-12,16-17H,5,13-15H2,1-4H3. The van der Waals surface area contributed by atoms with Gasteiger partial charge in [0.1, 0.15) is 0 Å². The topological polar surface area (TPSA) is 76.2 Å². The monoisotopic (exact) mass is 464 g/mol. The molecule has 1 aliphatic rings. The summed E-state index contributed by atoms with van der Waals surface area (Å²) in [4.78, 5) is 14.7. The Morgan fingerprint density at radius 2 is 1.88 bits per heavy atom. The normalized spacial score (nSPS) is 19.5. The Hall–Kier alpha value is -2.49. The maximum atomic E-state index is 14.0. The van der Waals surface area contributed by atoms with E-state index in [-0.39, 0.29) is 54.0 Å². The quantitative estimate of drug-likeness (QED) is 0.629. The van der Waals surface area contributed by atoms with Gasteiger partial charge in [0.15, 0.2) is 11.6 Å². The molecule has 1 heterocycles. The second kappa shape index (κ2) is 9.97. The molecule has 0 saturated carbocycles. The largest absolute Gasteiger partial charge is 0.494 e. The highest BCUT2D eigenvalue weighted by Gasteiger charge is 2.32. The van der Waals surface area contributed by atoms with Gasteiger partial charge >= 0.3 is 0 Å². The summed E-state index contributed by atoms with van der Waals surface area (Å²) in [5.74, 6) is -0.701. The third-order valence-corrected chi connectivity index (χ3v) is 7.19. The van der Waals surface area contributed by atoms with Gasteiger partial charge in [0, 0.05) is 31.7 Å². The Morgan fingerprint density at radius 3 is 2.47 bits per heavy atom. The van der Waals surface area contributed by atoms with E-state index in [4.69, 9.17) is 9.47 Å². The second-order valence-corrected chi connectivity index (χ2v) is 9.83. The lowest BCUT2D eigenvalue weighted by Crippen LogP contribution is -2.48. The zero-order valence-electron chi connectivity index (χ0n) is 18.7. The van der Waals surface area contributed by atoms with Crippen molar-refractivity contribution in [1.29, 1.82) is 0 Å². The number of methoxy groups -OCH3 is 1. The van der Waals surface area contributed by atoms with Crippen LogP contribution < -0.4 is 4.74 Å². The van der Waals surface area contributed by atoms with Gasteiger partial charge in [0.25, 0.3) is 5.91 Å². The summed E-state index contributed by atoms with van der Waals surface area (Å²) >= 11 is 0. The summed E-state index contributed by atoms with van der Waals surface area (Å²) in [6.45, 7) is 6.56. The summed E-state index contributed by atoms with van der Waals surface area (Å²) in [5, 5.41) is 0. The van der Waals surface area contributed by atoms with Crippen molar-refractivity contribution in [3.8, 4) is 5.75 Å². The fourth-order valence-corrected chi connectivity index (χ4v) is 5.44. The SMILES string of the molecule is CCN(Cc1ccc(OC)c(F)c1)C(=O)c1cccc(S(=O)(=O)N2CC(C)OC(C)C2)c1. The molecule has 3 rings (SSSR count). The molecule has 7 nitrogen and oxygen atoms in total. The molecule has 2 aromatic rings. The van der Waals surface area contributed by atoms with E-state index in [1.54, 1.807) is 18.2 Å². The molecule has 1 fully saturated rings. The minimum absolute atomic E-state index is 0.0659. The van der Waals surface area contributed by atoms with E-state index in [9.17, 15) is 17.6 Å². The number of morpholine rings is 1. The lowest BCUT2D eigenvalue weighted by molar-refractivity contribution is -0.0440. The second-order valence-electron chi connectivity index (χ2n) is 7.90. The molecule has 0 radical (unpaired) electrons. The highest BCUT2D eigenvalue weighted by atomic mass is 32.2. The summed E-state index contributed by atoms with van der Waals surface area (Å²) < 4.78 is 52.3. The van der Waals surface area contributed by atoms with Crippen LogP contribution in [0.15, 0.2) is 47.4 Å². The van der Waals surface area contributed by atoms with Gasteiger partial charge in [-0.3, -0.25) is 4.79 Å². The van der Waals surface area contributed by atoms with Crippen LogP contribution in [0.2, 0.25) is 0 Å². The van der Waals surface area contributed by atoms with Crippen molar-refractivity contribution < 1.29 is 27.1 Å². The first-order valence-electron chi connectivity index (χ1n) is 10.5. The lowest BCUT2D eigenvalue weighted by atomic mass is 10.1. The van der Waals surface area contributed by atoms with E-state index in [0.29, 0.717) is 12.1 Å². The van der Waals surface area contributed by atoms with Crippen molar-refractivity contribution in [3.63, 3.8) is 0 Å². The smallest absolute Gasteiger partial charge is 0.254 e. The number of halogens is 1.